The van der Waals surface area contributed by atoms with Crippen molar-refractivity contribution < 1.29 is 9.90 Å². The fourth-order valence-electron chi connectivity index (χ4n) is 2.13. The van der Waals surface area contributed by atoms with Gasteiger partial charge >= 0.3 is 5.97 Å². The average molecular weight is 256 g/mol. The predicted molar refractivity (Wildman–Crippen MR) is 62.7 cm³/mol. The summed E-state index contributed by atoms with van der Waals surface area (Å²) < 4.78 is 0. The Hall–Kier alpha value is -1.20. The van der Waals surface area contributed by atoms with Crippen LogP contribution in [0.3, 0.4) is 0 Å². The molecular formula is C11H14ClN3O2. The van der Waals surface area contributed by atoms with E-state index >= 15 is 0 Å². The summed E-state index contributed by atoms with van der Waals surface area (Å²) in [5, 5.41) is 9.34. The zero-order valence-corrected chi connectivity index (χ0v) is 10.1. The van der Waals surface area contributed by atoms with Gasteiger partial charge in [0, 0.05) is 12.7 Å². The molecule has 0 unspecified atom stereocenters. The van der Waals surface area contributed by atoms with E-state index in [4.69, 9.17) is 16.7 Å². The first-order chi connectivity index (χ1) is 8.16. The monoisotopic (exact) mass is 255 g/mol. The molecule has 1 aromatic heterocycles. The first kappa shape index (κ1) is 12.3. The molecule has 0 saturated carbocycles. The predicted octanol–water partition coefficient (Wildman–Crippen LogP) is 1.57. The molecule has 0 aliphatic carbocycles. The molecule has 2 rings (SSSR count). The lowest BCUT2D eigenvalue weighted by Gasteiger charge is -2.32. The summed E-state index contributed by atoms with van der Waals surface area (Å²) in [6.07, 6.45) is 4.29. The van der Waals surface area contributed by atoms with Crippen molar-refractivity contribution in [3.05, 3.63) is 23.2 Å². The smallest absolute Gasteiger partial charge is 0.320 e. The Morgan fingerprint density at radius 1 is 1.59 bits per heavy atom. The molecular weight excluding hydrogens is 242 g/mol. The lowest BCUT2D eigenvalue weighted by molar-refractivity contribution is -0.144. The molecule has 0 aromatic carbocycles. The normalized spacial score (nSPS) is 21.4. The van der Waals surface area contributed by atoms with E-state index < -0.39 is 12.0 Å². The Labute approximate surface area is 104 Å². The molecule has 1 aliphatic heterocycles. The standard InChI is InChI=1S/C11H14ClN3O2/c12-11-13-5-4-8(14-11)7-15-6-2-1-3-9(15)10(16)17/h4-5,9H,1-3,6-7H2,(H,16,17)/t9-/m0/s1. The molecule has 0 amide bonds. The molecule has 5 nitrogen and oxygen atoms in total. The lowest BCUT2D eigenvalue weighted by Crippen LogP contribution is -2.44. The zero-order valence-electron chi connectivity index (χ0n) is 9.34. The van der Waals surface area contributed by atoms with Gasteiger partial charge in [-0.1, -0.05) is 6.42 Å². The largest absolute Gasteiger partial charge is 0.480 e. The minimum atomic E-state index is -0.759. The molecule has 1 aliphatic rings. The summed E-state index contributed by atoms with van der Waals surface area (Å²) in [4.78, 5) is 20.9. The summed E-state index contributed by atoms with van der Waals surface area (Å²) in [5.41, 5.74) is 0.762. The van der Waals surface area contributed by atoms with Crippen LogP contribution in [0.5, 0.6) is 0 Å². The van der Waals surface area contributed by atoms with Crippen LogP contribution in [-0.2, 0) is 11.3 Å². The van der Waals surface area contributed by atoms with E-state index in [-0.39, 0.29) is 5.28 Å². The van der Waals surface area contributed by atoms with Crippen LogP contribution in [0.25, 0.3) is 0 Å². The maximum atomic E-state index is 11.1. The first-order valence-electron chi connectivity index (χ1n) is 5.61. The zero-order chi connectivity index (χ0) is 12.3. The molecule has 0 bridgehead atoms. The Balaban J connectivity index is 2.08. The number of nitrogens with zero attached hydrogens (tertiary/aromatic N) is 3. The molecule has 6 heteroatoms. The van der Waals surface area contributed by atoms with Gasteiger partial charge in [0.25, 0.3) is 0 Å². The first-order valence-corrected chi connectivity index (χ1v) is 5.99. The van der Waals surface area contributed by atoms with Crippen molar-refractivity contribution in [2.75, 3.05) is 6.54 Å². The lowest BCUT2D eigenvalue weighted by atomic mass is 10.0. The number of carbonyl (C=O) groups is 1. The fourth-order valence-corrected chi connectivity index (χ4v) is 2.29. The van der Waals surface area contributed by atoms with Crippen molar-refractivity contribution in [3.8, 4) is 0 Å². The van der Waals surface area contributed by atoms with Gasteiger partial charge in [-0.15, -0.1) is 0 Å². The Kier molecular flexibility index (Phi) is 3.91. The van der Waals surface area contributed by atoms with Crippen LogP contribution in [0.2, 0.25) is 5.28 Å². The molecule has 1 fully saturated rings. The summed E-state index contributed by atoms with van der Waals surface area (Å²) in [7, 11) is 0. The third-order valence-corrected chi connectivity index (χ3v) is 3.13. The molecule has 2 heterocycles. The molecule has 0 radical (unpaired) electrons. The van der Waals surface area contributed by atoms with Crippen LogP contribution in [0.1, 0.15) is 25.0 Å². The van der Waals surface area contributed by atoms with Gasteiger partial charge in [0.05, 0.1) is 5.69 Å². The van der Waals surface area contributed by atoms with Gasteiger partial charge in [0.1, 0.15) is 6.04 Å². The highest BCUT2D eigenvalue weighted by Crippen LogP contribution is 2.19. The highest BCUT2D eigenvalue weighted by molar-refractivity contribution is 6.28. The topological polar surface area (TPSA) is 66.3 Å². The Morgan fingerprint density at radius 2 is 2.41 bits per heavy atom. The van der Waals surface area contributed by atoms with E-state index in [1.807, 2.05) is 4.90 Å². The van der Waals surface area contributed by atoms with E-state index in [9.17, 15) is 4.79 Å². The molecule has 17 heavy (non-hydrogen) atoms. The minimum absolute atomic E-state index is 0.200. The third-order valence-electron chi connectivity index (χ3n) is 2.95. The quantitative estimate of drug-likeness (QED) is 0.831. The van der Waals surface area contributed by atoms with Gasteiger partial charge < -0.3 is 5.11 Å². The van der Waals surface area contributed by atoms with Crippen LogP contribution in [0.15, 0.2) is 12.3 Å². The number of likely N-dealkylation sites (tertiary alicyclic amines) is 1. The Bertz CT molecular complexity index is 413. The third kappa shape index (κ3) is 3.14. The van der Waals surface area contributed by atoms with Gasteiger partial charge in [0.2, 0.25) is 5.28 Å². The maximum absolute atomic E-state index is 11.1. The summed E-state index contributed by atoms with van der Waals surface area (Å²) in [6, 6.07) is 1.36. The number of carboxylic acid groups (broad SMARTS) is 1. The summed E-state index contributed by atoms with van der Waals surface area (Å²) in [6.45, 7) is 1.30. The van der Waals surface area contributed by atoms with Crippen molar-refractivity contribution >= 4 is 17.6 Å². The number of rotatable bonds is 3. The number of carboxylic acids is 1. The van der Waals surface area contributed by atoms with Crippen molar-refractivity contribution in [1.29, 1.82) is 0 Å². The number of piperidine rings is 1. The van der Waals surface area contributed by atoms with E-state index in [1.165, 1.54) is 0 Å². The van der Waals surface area contributed by atoms with Gasteiger partial charge in [-0.05, 0) is 37.1 Å². The Morgan fingerprint density at radius 3 is 3.12 bits per heavy atom. The molecule has 1 N–H and O–H groups in total. The van der Waals surface area contributed by atoms with E-state index in [2.05, 4.69) is 9.97 Å². The number of halogens is 1. The van der Waals surface area contributed by atoms with E-state index in [1.54, 1.807) is 12.3 Å². The van der Waals surface area contributed by atoms with Gasteiger partial charge in [-0.25, -0.2) is 9.97 Å². The van der Waals surface area contributed by atoms with Crippen molar-refractivity contribution in [2.45, 2.75) is 31.8 Å². The van der Waals surface area contributed by atoms with Crippen LogP contribution < -0.4 is 0 Å². The molecule has 1 saturated heterocycles. The van der Waals surface area contributed by atoms with Crippen molar-refractivity contribution in [3.63, 3.8) is 0 Å². The van der Waals surface area contributed by atoms with Gasteiger partial charge in [-0.3, -0.25) is 9.69 Å². The molecule has 1 atom stereocenters. The highest BCUT2D eigenvalue weighted by atomic mass is 35.5. The average Bonchev–Trinajstić information content (AvgIpc) is 2.29. The number of aromatic nitrogens is 2. The van der Waals surface area contributed by atoms with Crippen LogP contribution >= 0.6 is 11.6 Å². The van der Waals surface area contributed by atoms with Crippen molar-refractivity contribution in [1.82, 2.24) is 14.9 Å². The summed E-state index contributed by atoms with van der Waals surface area (Å²) >= 11 is 5.70. The van der Waals surface area contributed by atoms with Gasteiger partial charge in [0.15, 0.2) is 0 Å². The molecule has 1 aromatic rings. The number of aliphatic carboxylic acids is 1. The molecule has 92 valence electrons. The maximum Gasteiger partial charge on any atom is 0.320 e. The second kappa shape index (κ2) is 5.42. The second-order valence-electron chi connectivity index (χ2n) is 4.14. The number of hydrogen-bond acceptors (Lipinski definition) is 4. The van der Waals surface area contributed by atoms with Crippen LogP contribution in [0.4, 0.5) is 0 Å². The van der Waals surface area contributed by atoms with Crippen molar-refractivity contribution in [2.24, 2.45) is 0 Å². The van der Waals surface area contributed by atoms with Crippen LogP contribution in [-0.4, -0.2) is 38.5 Å². The van der Waals surface area contributed by atoms with Crippen LogP contribution in [0, 0.1) is 0 Å². The van der Waals surface area contributed by atoms with E-state index in [0.717, 1.165) is 25.1 Å². The number of hydrogen-bond donors (Lipinski definition) is 1. The highest BCUT2D eigenvalue weighted by Gasteiger charge is 2.28. The SMILES string of the molecule is O=C(O)[C@@H]1CCCCN1Cc1ccnc(Cl)n1. The fraction of sp³-hybridized carbons (Fsp3) is 0.545. The molecule has 0 spiro atoms. The minimum Gasteiger partial charge on any atom is -0.480 e. The van der Waals surface area contributed by atoms with E-state index in [0.29, 0.717) is 13.0 Å². The van der Waals surface area contributed by atoms with Gasteiger partial charge in [-0.2, -0.15) is 0 Å². The second-order valence-corrected chi connectivity index (χ2v) is 4.48. The summed E-state index contributed by atoms with van der Waals surface area (Å²) in [5.74, 6) is -0.759.